The molecule has 0 saturated carbocycles. The molecule has 4 aromatic carbocycles. The van der Waals surface area contributed by atoms with Crippen molar-refractivity contribution >= 4 is 19.0 Å². The highest BCUT2D eigenvalue weighted by molar-refractivity contribution is 7.30. The van der Waals surface area contributed by atoms with E-state index in [-0.39, 0.29) is 6.61 Å². The van der Waals surface area contributed by atoms with Gasteiger partial charge in [0.1, 0.15) is 6.61 Å². The Morgan fingerprint density at radius 1 is 0.633 bits per heavy atom. The number of hydrogen-bond donors (Lipinski definition) is 0. The highest BCUT2D eigenvalue weighted by Crippen LogP contribution is 2.20. The van der Waals surface area contributed by atoms with Gasteiger partial charge in [-0.15, -0.1) is 4.52 Å². The van der Waals surface area contributed by atoms with Gasteiger partial charge < -0.3 is 4.89 Å². The van der Waals surface area contributed by atoms with Gasteiger partial charge in [-0.25, -0.2) is 0 Å². The summed E-state index contributed by atoms with van der Waals surface area (Å²) >= 11 is 0. The van der Waals surface area contributed by atoms with E-state index in [9.17, 15) is 9.46 Å². The Morgan fingerprint density at radius 3 is 1.77 bits per heavy atom. The van der Waals surface area contributed by atoms with Gasteiger partial charge in [0.25, 0.3) is 0 Å². The monoisotopic (exact) mass is 416 g/mol. The zero-order valence-corrected chi connectivity index (χ0v) is 17.7. The predicted octanol–water partition coefficient (Wildman–Crippen LogP) is 5.89. The fourth-order valence-corrected chi connectivity index (χ4v) is 3.56. The molecule has 0 spiro atoms. The van der Waals surface area contributed by atoms with Crippen molar-refractivity contribution in [3.63, 3.8) is 0 Å². The summed E-state index contributed by atoms with van der Waals surface area (Å²) < 4.78 is 14.8. The van der Waals surface area contributed by atoms with E-state index in [1.807, 2.05) is 42.5 Å². The quantitative estimate of drug-likeness (QED) is 0.353. The lowest BCUT2D eigenvalue weighted by Gasteiger charge is -2.04. The molecule has 4 rings (SSSR count). The Morgan fingerprint density at radius 2 is 1.17 bits per heavy atom. The molecule has 4 heteroatoms. The van der Waals surface area contributed by atoms with Crippen molar-refractivity contribution in [2.75, 3.05) is 6.61 Å². The number of hydrogen-bond acceptors (Lipinski definition) is 3. The third-order valence-corrected chi connectivity index (χ3v) is 5.23. The average molecular weight is 416 g/mol. The molecule has 0 heterocycles. The summed E-state index contributed by atoms with van der Waals surface area (Å²) in [6.07, 6.45) is 2.86. The summed E-state index contributed by atoms with van der Waals surface area (Å²) in [7, 11) is -2.74. The van der Waals surface area contributed by atoms with E-state index >= 15 is 0 Å². The Hall–Kier alpha value is -2.84. The molecule has 0 fully saturated rings. The van der Waals surface area contributed by atoms with Gasteiger partial charge in [-0.05, 0) is 44.9 Å². The minimum Gasteiger partial charge on any atom is -0.566 e. The maximum Gasteiger partial charge on any atom is 0.488 e. The Balaban J connectivity index is 0.000000172. The second-order valence-corrected chi connectivity index (χ2v) is 7.62. The predicted molar refractivity (Wildman–Crippen MR) is 122 cm³/mol. The number of rotatable bonds is 7. The van der Waals surface area contributed by atoms with E-state index in [1.165, 1.54) is 11.1 Å². The first-order valence-electron chi connectivity index (χ1n) is 10.0. The summed E-state index contributed by atoms with van der Waals surface area (Å²) in [5.74, 6) is 0. The molecule has 0 aliphatic heterocycles. The van der Waals surface area contributed by atoms with Crippen LogP contribution in [-0.4, -0.2) is 6.61 Å². The van der Waals surface area contributed by atoms with Crippen LogP contribution in [0.2, 0.25) is 0 Å². The molecule has 4 aromatic rings. The standard InChI is InChI=1S/C14H14.C12H11O3P/c1-3-7-13(8-4-1)11-12-14-9-5-2-6-10-14;13-16(14)15-9-8-11-6-3-5-10-4-1-2-7-12(10)11/h1-10H,11-12H2;1-7H,8-9H2. The van der Waals surface area contributed by atoms with E-state index in [4.69, 9.17) is 0 Å². The summed E-state index contributed by atoms with van der Waals surface area (Å²) in [5, 5.41) is 2.31. The molecule has 0 aliphatic rings. The molecule has 30 heavy (non-hydrogen) atoms. The Kier molecular flexibility index (Phi) is 8.74. The van der Waals surface area contributed by atoms with Gasteiger partial charge in [0.2, 0.25) is 0 Å². The Labute approximate surface area is 178 Å². The van der Waals surface area contributed by atoms with E-state index in [1.54, 1.807) is 0 Å². The van der Waals surface area contributed by atoms with Gasteiger partial charge in [-0.1, -0.05) is 103 Å². The molecule has 0 aliphatic carbocycles. The van der Waals surface area contributed by atoms with Crippen LogP contribution in [0.5, 0.6) is 0 Å². The molecule has 0 aromatic heterocycles. The van der Waals surface area contributed by atoms with Crippen molar-refractivity contribution in [1.29, 1.82) is 0 Å². The second kappa shape index (κ2) is 12.0. The van der Waals surface area contributed by atoms with Crippen molar-refractivity contribution < 1.29 is 14.0 Å². The van der Waals surface area contributed by atoms with Crippen molar-refractivity contribution in [1.82, 2.24) is 0 Å². The summed E-state index contributed by atoms with van der Waals surface area (Å²) in [6.45, 7) is 0.201. The van der Waals surface area contributed by atoms with Crippen LogP contribution >= 0.6 is 8.25 Å². The lowest BCUT2D eigenvalue weighted by atomic mass is 10.0. The number of benzene rings is 4. The van der Waals surface area contributed by atoms with E-state index in [2.05, 4.69) is 65.2 Å². The van der Waals surface area contributed by atoms with E-state index in [0.29, 0.717) is 6.42 Å². The van der Waals surface area contributed by atoms with Crippen molar-refractivity contribution in [3.05, 3.63) is 120 Å². The molecule has 0 N–H and O–H groups in total. The van der Waals surface area contributed by atoms with Gasteiger partial charge in [-0.3, -0.25) is 0 Å². The molecule has 1 unspecified atom stereocenters. The van der Waals surface area contributed by atoms with Crippen LogP contribution in [-0.2, 0) is 28.4 Å². The van der Waals surface area contributed by atoms with Crippen LogP contribution in [0, 0.1) is 0 Å². The van der Waals surface area contributed by atoms with Crippen LogP contribution in [0.3, 0.4) is 0 Å². The van der Waals surface area contributed by atoms with Crippen LogP contribution in [0.25, 0.3) is 10.8 Å². The summed E-state index contributed by atoms with van der Waals surface area (Å²) in [6, 6.07) is 35.3. The van der Waals surface area contributed by atoms with Crippen molar-refractivity contribution in [3.8, 4) is 0 Å². The Bertz CT molecular complexity index is 1000. The maximum absolute atomic E-state index is 10.3. The highest BCUT2D eigenvalue weighted by atomic mass is 31.1. The molecule has 3 nitrogen and oxygen atoms in total. The molecule has 0 radical (unpaired) electrons. The van der Waals surface area contributed by atoms with Crippen LogP contribution in [0.1, 0.15) is 16.7 Å². The lowest BCUT2D eigenvalue weighted by Crippen LogP contribution is -1.98. The highest BCUT2D eigenvalue weighted by Gasteiger charge is 2.04. The van der Waals surface area contributed by atoms with Gasteiger partial charge in [-0.2, -0.15) is 0 Å². The minimum absolute atomic E-state index is 0.201. The van der Waals surface area contributed by atoms with Gasteiger partial charge >= 0.3 is 8.25 Å². The average Bonchev–Trinajstić information content (AvgIpc) is 2.79. The second-order valence-electron chi connectivity index (χ2n) is 6.92. The molecule has 0 amide bonds. The molecular formula is C26H25O3P. The minimum atomic E-state index is -2.74. The smallest absolute Gasteiger partial charge is 0.488 e. The molecule has 1 atom stereocenters. The van der Waals surface area contributed by atoms with E-state index in [0.717, 1.165) is 29.2 Å². The topological polar surface area (TPSA) is 49.4 Å². The van der Waals surface area contributed by atoms with Gasteiger partial charge in [0.15, 0.2) is 0 Å². The van der Waals surface area contributed by atoms with Crippen LogP contribution < -0.4 is 4.89 Å². The first kappa shape index (κ1) is 21.9. The molecule has 152 valence electrons. The maximum atomic E-state index is 10.3. The van der Waals surface area contributed by atoms with E-state index < -0.39 is 8.25 Å². The van der Waals surface area contributed by atoms with Crippen LogP contribution in [0.15, 0.2) is 103 Å². The van der Waals surface area contributed by atoms with Crippen molar-refractivity contribution in [2.45, 2.75) is 19.3 Å². The number of aryl methyl sites for hydroxylation is 2. The zero-order chi connectivity index (χ0) is 21.0. The fraction of sp³-hybridized carbons (Fsp3) is 0.154. The van der Waals surface area contributed by atoms with Gasteiger partial charge in [0, 0.05) is 6.42 Å². The third kappa shape index (κ3) is 7.20. The lowest BCUT2D eigenvalue weighted by molar-refractivity contribution is -0.185. The van der Waals surface area contributed by atoms with Gasteiger partial charge in [0.05, 0.1) is 0 Å². The molecule has 0 saturated heterocycles. The first-order chi connectivity index (χ1) is 14.7. The van der Waals surface area contributed by atoms with Crippen molar-refractivity contribution in [2.24, 2.45) is 0 Å². The summed E-state index contributed by atoms with van der Waals surface area (Å²) in [4.78, 5) is 10.3. The fourth-order valence-electron chi connectivity index (χ4n) is 3.32. The van der Waals surface area contributed by atoms with Crippen LogP contribution in [0.4, 0.5) is 0 Å². The number of fused-ring (bicyclic) bond motifs is 1. The SMILES string of the molecule is O=[P+]([O-])OCCc1cccc2ccccc12.c1ccc(CCc2ccccc2)cc1. The normalized spacial score (nSPS) is 10.9. The third-order valence-electron chi connectivity index (χ3n) is 4.84. The largest absolute Gasteiger partial charge is 0.566 e. The molecule has 0 bridgehead atoms. The summed E-state index contributed by atoms with van der Waals surface area (Å²) in [5.41, 5.74) is 3.93. The zero-order valence-electron chi connectivity index (χ0n) is 16.8. The molecular weight excluding hydrogens is 391 g/mol. The first-order valence-corrected chi connectivity index (χ1v) is 11.1.